The number of halogens is 1. The monoisotopic (exact) mass is 428 g/mol. The van der Waals surface area contributed by atoms with Gasteiger partial charge in [-0.2, -0.15) is 5.10 Å². The summed E-state index contributed by atoms with van der Waals surface area (Å²) in [7, 11) is 3.40. The second-order valence-corrected chi connectivity index (χ2v) is 8.19. The van der Waals surface area contributed by atoms with Gasteiger partial charge >= 0.3 is 0 Å². The van der Waals surface area contributed by atoms with Gasteiger partial charge in [0.1, 0.15) is 10.8 Å². The Morgan fingerprint density at radius 1 is 1.23 bits per heavy atom. The highest BCUT2D eigenvalue weighted by molar-refractivity contribution is 6.30. The van der Waals surface area contributed by atoms with Gasteiger partial charge in [0.15, 0.2) is 0 Å². The van der Waals surface area contributed by atoms with Crippen molar-refractivity contribution in [2.45, 2.75) is 32.7 Å². The summed E-state index contributed by atoms with van der Waals surface area (Å²) in [4.78, 5) is 17.0. The maximum absolute atomic E-state index is 12.5. The van der Waals surface area contributed by atoms with Crippen LogP contribution in [0.15, 0.2) is 29.2 Å². The van der Waals surface area contributed by atoms with E-state index in [9.17, 15) is 4.79 Å². The van der Waals surface area contributed by atoms with Crippen molar-refractivity contribution in [1.29, 1.82) is 0 Å². The first-order chi connectivity index (χ1) is 14.3. The molecule has 2 atom stereocenters. The zero-order chi connectivity index (χ0) is 21.4. The van der Waals surface area contributed by atoms with E-state index < -0.39 is 0 Å². The minimum absolute atomic E-state index is 0.229. The number of hydrogen-bond donors (Lipinski definition) is 1. The summed E-state index contributed by atoms with van der Waals surface area (Å²) in [5.41, 5.74) is 4.12. The highest BCUT2D eigenvalue weighted by Gasteiger charge is 2.40. The van der Waals surface area contributed by atoms with Crippen LogP contribution in [0, 0.1) is 19.8 Å². The van der Waals surface area contributed by atoms with Crippen molar-refractivity contribution < 1.29 is 4.74 Å². The molecule has 3 aromatic rings. The van der Waals surface area contributed by atoms with Crippen molar-refractivity contribution >= 4 is 17.3 Å². The third kappa shape index (κ3) is 4.18. The molecule has 1 aliphatic carbocycles. The summed E-state index contributed by atoms with van der Waals surface area (Å²) in [6.45, 7) is 4.85. The lowest BCUT2D eigenvalue weighted by atomic mass is 10.2. The van der Waals surface area contributed by atoms with E-state index in [1.807, 2.05) is 20.0 Å². The Labute approximate surface area is 179 Å². The predicted molar refractivity (Wildman–Crippen MR) is 115 cm³/mol. The van der Waals surface area contributed by atoms with Crippen molar-refractivity contribution in [3.8, 4) is 5.88 Å². The number of pyridine rings is 1. The van der Waals surface area contributed by atoms with Crippen molar-refractivity contribution in [2.24, 2.45) is 20.0 Å². The van der Waals surface area contributed by atoms with Gasteiger partial charge in [0.05, 0.1) is 12.3 Å². The number of rotatable bonds is 7. The number of ether oxygens (including phenoxy) is 1. The van der Waals surface area contributed by atoms with Gasteiger partial charge in [-0.25, -0.2) is 4.68 Å². The normalized spacial score (nSPS) is 17.8. The molecule has 0 amide bonds. The molecule has 0 aliphatic heterocycles. The molecule has 1 saturated carbocycles. The maximum atomic E-state index is 12.5. The zero-order valence-corrected chi connectivity index (χ0v) is 18.3. The van der Waals surface area contributed by atoms with Gasteiger partial charge in [0, 0.05) is 56.0 Å². The van der Waals surface area contributed by atoms with E-state index in [0.29, 0.717) is 41.7 Å². The Morgan fingerprint density at radius 3 is 2.70 bits per heavy atom. The molecular formula is C21H25ClN6O2. The Bertz CT molecular complexity index is 1120. The van der Waals surface area contributed by atoms with E-state index in [1.165, 1.54) is 4.68 Å². The van der Waals surface area contributed by atoms with Crippen LogP contribution in [0.4, 0.5) is 5.69 Å². The second kappa shape index (κ2) is 8.10. The molecule has 158 valence electrons. The molecule has 1 fully saturated rings. The summed E-state index contributed by atoms with van der Waals surface area (Å²) in [5.74, 6) is 1.25. The molecule has 30 heavy (non-hydrogen) atoms. The van der Waals surface area contributed by atoms with E-state index in [4.69, 9.17) is 16.3 Å². The summed E-state index contributed by atoms with van der Waals surface area (Å²) in [5, 5.41) is 12.2. The summed E-state index contributed by atoms with van der Waals surface area (Å²) >= 11 is 6.28. The van der Waals surface area contributed by atoms with Crippen LogP contribution >= 0.6 is 11.6 Å². The van der Waals surface area contributed by atoms with E-state index >= 15 is 0 Å². The highest BCUT2D eigenvalue weighted by atomic mass is 35.5. The lowest BCUT2D eigenvalue weighted by Gasteiger charge is -2.11. The summed E-state index contributed by atoms with van der Waals surface area (Å²) < 4.78 is 8.80. The maximum Gasteiger partial charge on any atom is 0.290 e. The third-order valence-electron chi connectivity index (χ3n) is 5.45. The van der Waals surface area contributed by atoms with E-state index in [0.717, 1.165) is 28.9 Å². The number of aryl methyl sites for hydroxylation is 4. The Balaban J connectivity index is 1.41. The molecule has 4 rings (SSSR count). The quantitative estimate of drug-likeness (QED) is 0.622. The minimum Gasteiger partial charge on any atom is -0.476 e. The molecule has 1 N–H and O–H groups in total. The number of anilines is 1. The van der Waals surface area contributed by atoms with Gasteiger partial charge < -0.3 is 10.1 Å². The van der Waals surface area contributed by atoms with Crippen LogP contribution in [0.1, 0.15) is 34.9 Å². The lowest BCUT2D eigenvalue weighted by molar-refractivity contribution is 0.278. The molecule has 2 unspecified atom stereocenters. The Morgan fingerprint density at radius 2 is 2.03 bits per heavy atom. The van der Waals surface area contributed by atoms with Crippen LogP contribution in [0.3, 0.4) is 0 Å². The number of hydrogen-bond acceptors (Lipinski definition) is 6. The molecule has 1 aliphatic rings. The van der Waals surface area contributed by atoms with Crippen molar-refractivity contribution in [2.75, 3.05) is 11.9 Å². The van der Waals surface area contributed by atoms with E-state index in [-0.39, 0.29) is 5.56 Å². The average Bonchev–Trinajstić information content (AvgIpc) is 3.44. The first kappa shape index (κ1) is 20.4. The molecule has 3 aromatic heterocycles. The highest BCUT2D eigenvalue weighted by Crippen LogP contribution is 2.46. The van der Waals surface area contributed by atoms with E-state index in [2.05, 4.69) is 32.6 Å². The number of nitrogens with one attached hydrogen (secondary N) is 1. The SMILES string of the molecule is Cc1ccc(C2CC2COc2cc(NCc3c(C)nn(C)c3Cl)c(=O)n(C)n2)nc1. The molecule has 8 nitrogen and oxygen atoms in total. The molecule has 0 bridgehead atoms. The molecule has 0 spiro atoms. The van der Waals surface area contributed by atoms with Gasteiger partial charge in [-0.1, -0.05) is 17.7 Å². The average molecular weight is 429 g/mol. The number of nitrogens with zero attached hydrogens (tertiary/aromatic N) is 5. The van der Waals surface area contributed by atoms with Gasteiger partial charge in [0.25, 0.3) is 5.56 Å². The molecular weight excluding hydrogens is 404 g/mol. The van der Waals surface area contributed by atoms with Gasteiger partial charge in [-0.3, -0.25) is 14.5 Å². The van der Waals surface area contributed by atoms with Crippen molar-refractivity contribution in [3.05, 3.63) is 62.4 Å². The molecule has 0 radical (unpaired) electrons. The Kier molecular flexibility index (Phi) is 5.51. The lowest BCUT2D eigenvalue weighted by Crippen LogP contribution is -2.24. The molecule has 9 heteroatoms. The van der Waals surface area contributed by atoms with Crippen molar-refractivity contribution in [1.82, 2.24) is 24.5 Å². The standard InChI is InChI=1S/C21H25ClN6O2/c1-12-5-6-17(23-9-12)15-7-14(15)11-30-19-8-18(21(29)28(4)26-19)24-10-16-13(2)25-27(3)20(16)22/h5-6,8-9,14-15,24H,7,10-11H2,1-4H3. The molecule has 0 aromatic carbocycles. The van der Waals surface area contributed by atoms with Crippen LogP contribution < -0.4 is 15.6 Å². The predicted octanol–water partition coefficient (Wildman–Crippen LogP) is 2.97. The van der Waals surface area contributed by atoms with Crippen LogP contribution in [-0.2, 0) is 20.6 Å². The summed E-state index contributed by atoms with van der Waals surface area (Å²) in [6, 6.07) is 5.81. The van der Waals surface area contributed by atoms with Crippen molar-refractivity contribution in [3.63, 3.8) is 0 Å². The fourth-order valence-electron chi connectivity index (χ4n) is 3.52. The summed E-state index contributed by atoms with van der Waals surface area (Å²) in [6.07, 6.45) is 2.94. The Hall–Kier alpha value is -2.87. The first-order valence-electron chi connectivity index (χ1n) is 9.89. The fraction of sp³-hybridized carbons (Fsp3) is 0.429. The first-order valence-corrected chi connectivity index (χ1v) is 10.3. The topological polar surface area (TPSA) is 86.9 Å². The van der Waals surface area contributed by atoms with Gasteiger partial charge in [-0.05, 0) is 31.9 Å². The number of aromatic nitrogens is 5. The molecule has 3 heterocycles. The zero-order valence-electron chi connectivity index (χ0n) is 17.5. The van der Waals surface area contributed by atoms with Crippen LogP contribution in [0.5, 0.6) is 5.88 Å². The third-order valence-corrected chi connectivity index (χ3v) is 5.92. The van der Waals surface area contributed by atoms with Crippen LogP contribution in [0.25, 0.3) is 0 Å². The smallest absolute Gasteiger partial charge is 0.290 e. The van der Waals surface area contributed by atoms with Crippen LogP contribution in [0.2, 0.25) is 5.15 Å². The molecule has 0 saturated heterocycles. The fourth-order valence-corrected chi connectivity index (χ4v) is 3.76. The van der Waals surface area contributed by atoms with Gasteiger partial charge in [-0.15, -0.1) is 5.10 Å². The largest absolute Gasteiger partial charge is 0.476 e. The van der Waals surface area contributed by atoms with E-state index in [1.54, 1.807) is 24.8 Å². The van der Waals surface area contributed by atoms with Gasteiger partial charge in [0.2, 0.25) is 5.88 Å². The van der Waals surface area contributed by atoms with Crippen LogP contribution in [-0.4, -0.2) is 31.2 Å². The minimum atomic E-state index is -0.229. The second-order valence-electron chi connectivity index (χ2n) is 7.83.